The van der Waals surface area contributed by atoms with Crippen molar-refractivity contribution in [2.45, 2.75) is 44.2 Å². The average molecular weight is 180 g/mol. The maximum absolute atomic E-state index is 11.6. The van der Waals surface area contributed by atoms with E-state index in [-0.39, 0.29) is 11.9 Å². The maximum Gasteiger partial charge on any atom is 0.241 e. The first-order valence-corrected chi connectivity index (χ1v) is 4.64. The van der Waals surface area contributed by atoms with Crippen molar-refractivity contribution < 1.29 is 4.79 Å². The Hall–Kier alpha value is -1.01. The lowest BCUT2D eigenvalue weighted by Crippen LogP contribution is -2.53. The van der Waals surface area contributed by atoms with Crippen LogP contribution in [0, 0.1) is 12.3 Å². The molecule has 3 N–H and O–H groups in total. The van der Waals surface area contributed by atoms with E-state index >= 15 is 0 Å². The fourth-order valence-electron chi connectivity index (χ4n) is 1.61. The second-order valence-corrected chi connectivity index (χ2v) is 3.73. The van der Waals surface area contributed by atoms with Gasteiger partial charge >= 0.3 is 0 Å². The third kappa shape index (κ3) is 2.22. The van der Waals surface area contributed by atoms with Gasteiger partial charge < -0.3 is 11.1 Å². The summed E-state index contributed by atoms with van der Waals surface area (Å²) in [4.78, 5) is 11.6. The van der Waals surface area contributed by atoms with Gasteiger partial charge in [-0.2, -0.15) is 0 Å². The SMILES string of the molecule is C#CC(C)NC(=O)C1(N)CCCC1. The molecule has 0 bridgehead atoms. The van der Waals surface area contributed by atoms with Gasteiger partial charge in [0, 0.05) is 0 Å². The molecule has 0 spiro atoms. The lowest BCUT2D eigenvalue weighted by Gasteiger charge is -2.23. The number of nitrogens with one attached hydrogen (secondary N) is 1. The van der Waals surface area contributed by atoms with Crippen molar-refractivity contribution in [1.29, 1.82) is 0 Å². The van der Waals surface area contributed by atoms with E-state index in [1.54, 1.807) is 6.92 Å². The van der Waals surface area contributed by atoms with Crippen LogP contribution in [0.4, 0.5) is 0 Å². The van der Waals surface area contributed by atoms with Gasteiger partial charge in [0.2, 0.25) is 5.91 Å². The van der Waals surface area contributed by atoms with Crippen LogP contribution in [0.5, 0.6) is 0 Å². The van der Waals surface area contributed by atoms with Gasteiger partial charge in [0.25, 0.3) is 0 Å². The molecule has 1 amide bonds. The second kappa shape index (κ2) is 3.80. The molecule has 1 atom stereocenters. The molecule has 0 aromatic heterocycles. The Kier molecular flexibility index (Phi) is 2.94. The number of hydrogen-bond acceptors (Lipinski definition) is 2. The summed E-state index contributed by atoms with van der Waals surface area (Å²) in [5.74, 6) is 2.35. The Balaban J connectivity index is 2.52. The van der Waals surface area contributed by atoms with Crippen LogP contribution in [0.3, 0.4) is 0 Å². The Morgan fingerprint density at radius 3 is 2.62 bits per heavy atom. The number of carbonyl (C=O) groups is 1. The molecule has 13 heavy (non-hydrogen) atoms. The highest BCUT2D eigenvalue weighted by atomic mass is 16.2. The third-order valence-corrected chi connectivity index (χ3v) is 2.55. The minimum atomic E-state index is -0.662. The molecule has 0 radical (unpaired) electrons. The van der Waals surface area contributed by atoms with Gasteiger partial charge in [0.1, 0.15) is 0 Å². The first-order chi connectivity index (χ1) is 6.08. The number of rotatable bonds is 2. The lowest BCUT2D eigenvalue weighted by atomic mass is 9.98. The van der Waals surface area contributed by atoms with Gasteiger partial charge in [0.15, 0.2) is 0 Å². The summed E-state index contributed by atoms with van der Waals surface area (Å²) in [6.45, 7) is 1.77. The molecule has 72 valence electrons. The van der Waals surface area contributed by atoms with Crippen LogP contribution < -0.4 is 11.1 Å². The smallest absolute Gasteiger partial charge is 0.241 e. The normalized spacial score (nSPS) is 21.9. The Bertz CT molecular complexity index is 236. The molecule has 3 heteroatoms. The van der Waals surface area contributed by atoms with Crippen LogP contribution in [0.25, 0.3) is 0 Å². The molecule has 0 aliphatic heterocycles. The van der Waals surface area contributed by atoms with Crippen molar-refractivity contribution in [3.8, 4) is 12.3 Å². The Morgan fingerprint density at radius 2 is 2.15 bits per heavy atom. The standard InChI is InChI=1S/C10H16N2O/c1-3-8(2)12-9(13)10(11)6-4-5-7-10/h1,8H,4-7,11H2,2H3,(H,12,13). The zero-order valence-corrected chi connectivity index (χ0v) is 7.97. The van der Waals surface area contributed by atoms with E-state index in [9.17, 15) is 4.79 Å². The summed E-state index contributed by atoms with van der Waals surface area (Å²) < 4.78 is 0. The van der Waals surface area contributed by atoms with Gasteiger partial charge in [-0.3, -0.25) is 4.79 Å². The molecule has 1 unspecified atom stereocenters. The molecule has 3 nitrogen and oxygen atoms in total. The largest absolute Gasteiger partial charge is 0.341 e. The minimum Gasteiger partial charge on any atom is -0.341 e. The minimum absolute atomic E-state index is 0.101. The molecule has 0 aromatic rings. The first-order valence-electron chi connectivity index (χ1n) is 4.64. The number of carbonyl (C=O) groups excluding carboxylic acids is 1. The van der Waals surface area contributed by atoms with E-state index in [1.807, 2.05) is 0 Å². The maximum atomic E-state index is 11.6. The summed E-state index contributed by atoms with van der Waals surface area (Å²) in [6.07, 6.45) is 8.78. The van der Waals surface area contributed by atoms with Crippen molar-refractivity contribution in [1.82, 2.24) is 5.32 Å². The Morgan fingerprint density at radius 1 is 1.62 bits per heavy atom. The number of amides is 1. The summed E-state index contributed by atoms with van der Waals surface area (Å²) in [6, 6.07) is -0.228. The van der Waals surface area contributed by atoms with Gasteiger partial charge in [-0.25, -0.2) is 0 Å². The molecule has 0 aromatic carbocycles. The second-order valence-electron chi connectivity index (χ2n) is 3.73. The van der Waals surface area contributed by atoms with Crippen molar-refractivity contribution >= 4 is 5.91 Å². The van der Waals surface area contributed by atoms with Gasteiger partial charge in [0.05, 0.1) is 11.6 Å². The topological polar surface area (TPSA) is 55.1 Å². The van der Waals surface area contributed by atoms with E-state index < -0.39 is 5.54 Å². The Labute approximate surface area is 79.1 Å². The highest BCUT2D eigenvalue weighted by Crippen LogP contribution is 2.27. The molecule has 1 aliphatic rings. The fraction of sp³-hybridized carbons (Fsp3) is 0.700. The summed E-state index contributed by atoms with van der Waals surface area (Å²) in [5.41, 5.74) is 5.26. The van der Waals surface area contributed by atoms with Crippen molar-refractivity contribution in [2.24, 2.45) is 5.73 Å². The van der Waals surface area contributed by atoms with Crippen molar-refractivity contribution in [2.75, 3.05) is 0 Å². The van der Waals surface area contributed by atoms with E-state index in [0.29, 0.717) is 0 Å². The number of terminal acetylenes is 1. The predicted molar refractivity (Wildman–Crippen MR) is 51.8 cm³/mol. The molecular weight excluding hydrogens is 164 g/mol. The van der Waals surface area contributed by atoms with E-state index in [4.69, 9.17) is 12.2 Å². The van der Waals surface area contributed by atoms with Crippen LogP contribution >= 0.6 is 0 Å². The van der Waals surface area contributed by atoms with E-state index in [2.05, 4.69) is 11.2 Å². The quantitative estimate of drug-likeness (QED) is 0.604. The fourth-order valence-corrected chi connectivity index (χ4v) is 1.61. The lowest BCUT2D eigenvalue weighted by molar-refractivity contribution is -0.126. The first kappa shape index (κ1) is 10.1. The zero-order chi connectivity index (χ0) is 9.90. The molecule has 0 heterocycles. The van der Waals surface area contributed by atoms with Crippen molar-refractivity contribution in [3.05, 3.63) is 0 Å². The van der Waals surface area contributed by atoms with Crippen LogP contribution in [0.1, 0.15) is 32.6 Å². The van der Waals surface area contributed by atoms with Crippen molar-refractivity contribution in [3.63, 3.8) is 0 Å². The average Bonchev–Trinajstić information content (AvgIpc) is 2.53. The van der Waals surface area contributed by atoms with Gasteiger partial charge in [-0.15, -0.1) is 6.42 Å². The molecule has 1 rings (SSSR count). The molecule has 1 aliphatic carbocycles. The van der Waals surface area contributed by atoms with E-state index in [1.165, 1.54) is 0 Å². The zero-order valence-electron chi connectivity index (χ0n) is 7.97. The van der Waals surface area contributed by atoms with Gasteiger partial charge in [-0.05, 0) is 19.8 Å². The van der Waals surface area contributed by atoms with Crippen LogP contribution in [-0.2, 0) is 4.79 Å². The van der Waals surface area contributed by atoms with Crippen LogP contribution in [-0.4, -0.2) is 17.5 Å². The summed E-state index contributed by atoms with van der Waals surface area (Å²) >= 11 is 0. The number of nitrogens with two attached hydrogens (primary N) is 1. The molecular formula is C10H16N2O. The van der Waals surface area contributed by atoms with Gasteiger partial charge in [-0.1, -0.05) is 18.8 Å². The van der Waals surface area contributed by atoms with Crippen LogP contribution in [0.2, 0.25) is 0 Å². The van der Waals surface area contributed by atoms with Crippen LogP contribution in [0.15, 0.2) is 0 Å². The highest BCUT2D eigenvalue weighted by Gasteiger charge is 2.37. The third-order valence-electron chi connectivity index (χ3n) is 2.55. The summed E-state index contributed by atoms with van der Waals surface area (Å²) in [5, 5.41) is 2.71. The summed E-state index contributed by atoms with van der Waals surface area (Å²) in [7, 11) is 0. The highest BCUT2D eigenvalue weighted by molar-refractivity contribution is 5.86. The predicted octanol–water partition coefficient (Wildman–Crippen LogP) is 0.396. The monoisotopic (exact) mass is 180 g/mol. The van der Waals surface area contributed by atoms with E-state index in [0.717, 1.165) is 25.7 Å². The molecule has 1 fully saturated rings. The molecule has 0 saturated heterocycles. The molecule has 1 saturated carbocycles. The number of hydrogen-bond donors (Lipinski definition) is 2.